The molecule has 0 radical (unpaired) electrons. The minimum Gasteiger partial charge on any atom is -0.325 e. The van der Waals surface area contributed by atoms with E-state index in [9.17, 15) is 13.2 Å². The summed E-state index contributed by atoms with van der Waals surface area (Å²) in [5.41, 5.74) is 2.05. The van der Waals surface area contributed by atoms with Crippen LogP contribution in [0.3, 0.4) is 0 Å². The van der Waals surface area contributed by atoms with Gasteiger partial charge in [-0.2, -0.15) is 4.31 Å². The van der Waals surface area contributed by atoms with Crippen LogP contribution in [0.5, 0.6) is 0 Å². The molecule has 3 aromatic carbocycles. The molecular weight excluding hydrogens is 488 g/mol. The van der Waals surface area contributed by atoms with Crippen molar-refractivity contribution in [1.29, 1.82) is 0 Å². The number of nitrogens with zero attached hydrogens (tertiary/aromatic N) is 1. The lowest BCUT2D eigenvalue weighted by molar-refractivity contribution is -0.116. The van der Waals surface area contributed by atoms with Gasteiger partial charge in [-0.1, -0.05) is 63.9 Å². The first kappa shape index (κ1) is 22.5. The monoisotopic (exact) mass is 506 g/mol. The molecule has 0 heterocycles. The van der Waals surface area contributed by atoms with Gasteiger partial charge in [0.25, 0.3) is 0 Å². The van der Waals surface area contributed by atoms with Gasteiger partial charge in [-0.3, -0.25) is 4.79 Å². The molecule has 0 saturated carbocycles. The number of hydrogen-bond donors (Lipinski definition) is 1. The summed E-state index contributed by atoms with van der Waals surface area (Å²) in [7, 11) is -3.90. The molecule has 0 aliphatic carbocycles. The Morgan fingerprint density at radius 3 is 2.33 bits per heavy atom. The summed E-state index contributed by atoms with van der Waals surface area (Å²) in [5, 5.41) is 3.29. The van der Waals surface area contributed by atoms with E-state index in [2.05, 4.69) is 21.2 Å². The summed E-state index contributed by atoms with van der Waals surface area (Å²) in [4.78, 5) is 12.9. The zero-order valence-electron chi connectivity index (χ0n) is 16.2. The van der Waals surface area contributed by atoms with Crippen LogP contribution in [-0.2, 0) is 21.4 Å². The molecule has 0 atom stereocenters. The smallest absolute Gasteiger partial charge is 0.243 e. The van der Waals surface area contributed by atoms with E-state index in [-0.39, 0.29) is 18.0 Å². The molecule has 8 heteroatoms. The minimum atomic E-state index is -3.90. The maximum absolute atomic E-state index is 13.3. The number of carbonyl (C=O) groups excluding carboxylic acids is 1. The summed E-state index contributed by atoms with van der Waals surface area (Å²) in [5.74, 6) is -0.447. The molecule has 0 aliphatic heterocycles. The van der Waals surface area contributed by atoms with Gasteiger partial charge in [-0.15, -0.1) is 0 Å². The number of amides is 1. The molecule has 0 bridgehead atoms. The molecule has 0 aliphatic rings. The Morgan fingerprint density at radius 2 is 1.67 bits per heavy atom. The van der Waals surface area contributed by atoms with Gasteiger partial charge in [-0.05, 0) is 54.4 Å². The van der Waals surface area contributed by atoms with E-state index in [1.807, 2.05) is 30.3 Å². The van der Waals surface area contributed by atoms with E-state index in [1.165, 1.54) is 16.4 Å². The highest BCUT2D eigenvalue weighted by atomic mass is 79.9. The molecule has 3 rings (SSSR count). The third-order valence-electron chi connectivity index (χ3n) is 4.51. The molecule has 3 aromatic rings. The molecule has 5 nitrogen and oxygen atoms in total. The van der Waals surface area contributed by atoms with Crippen LogP contribution >= 0.6 is 27.5 Å². The Hall–Kier alpha value is -2.19. The van der Waals surface area contributed by atoms with Crippen LogP contribution in [0.15, 0.2) is 82.2 Å². The summed E-state index contributed by atoms with van der Waals surface area (Å²) in [6, 6.07) is 20.7. The summed E-state index contributed by atoms with van der Waals surface area (Å²) in [6.45, 7) is 1.53. The Balaban J connectivity index is 1.88. The highest BCUT2D eigenvalue weighted by Crippen LogP contribution is 2.24. The van der Waals surface area contributed by atoms with Crippen LogP contribution in [0.1, 0.15) is 11.1 Å². The Bertz CT molecular complexity index is 1140. The zero-order chi connectivity index (χ0) is 21.7. The summed E-state index contributed by atoms with van der Waals surface area (Å²) in [6.07, 6.45) is 0. The third kappa shape index (κ3) is 5.49. The van der Waals surface area contributed by atoms with Crippen molar-refractivity contribution in [2.24, 2.45) is 0 Å². The van der Waals surface area contributed by atoms with Gasteiger partial charge in [-0.25, -0.2) is 8.42 Å². The molecular formula is C22H20BrClN2O3S. The third-order valence-corrected chi connectivity index (χ3v) is 7.26. The second-order valence-corrected chi connectivity index (χ2v) is 9.93. The van der Waals surface area contributed by atoms with Crippen molar-refractivity contribution in [3.63, 3.8) is 0 Å². The molecule has 0 aromatic heterocycles. The molecule has 156 valence electrons. The fraction of sp³-hybridized carbons (Fsp3) is 0.136. The zero-order valence-corrected chi connectivity index (χ0v) is 19.3. The normalized spacial score (nSPS) is 11.5. The average Bonchev–Trinajstić information content (AvgIpc) is 2.72. The van der Waals surface area contributed by atoms with Gasteiger partial charge in [0.05, 0.1) is 11.4 Å². The highest BCUT2D eigenvalue weighted by molar-refractivity contribution is 9.10. The minimum absolute atomic E-state index is 0.0706. The van der Waals surface area contributed by atoms with E-state index < -0.39 is 15.9 Å². The van der Waals surface area contributed by atoms with Crippen LogP contribution in [0, 0.1) is 6.92 Å². The number of anilines is 1. The summed E-state index contributed by atoms with van der Waals surface area (Å²) >= 11 is 9.42. The second kappa shape index (κ2) is 9.75. The van der Waals surface area contributed by atoms with Crippen LogP contribution < -0.4 is 5.32 Å². The predicted octanol–water partition coefficient (Wildman–Crippen LogP) is 5.24. The Labute approximate surface area is 189 Å². The quantitative estimate of drug-likeness (QED) is 0.475. The molecule has 0 unspecified atom stereocenters. The second-order valence-electron chi connectivity index (χ2n) is 6.67. The average molecular weight is 508 g/mol. The summed E-state index contributed by atoms with van der Waals surface area (Å²) < 4.78 is 28.5. The van der Waals surface area contributed by atoms with Gasteiger partial charge in [0.1, 0.15) is 0 Å². The van der Waals surface area contributed by atoms with Crippen LogP contribution in [0.4, 0.5) is 5.69 Å². The number of hydrogen-bond acceptors (Lipinski definition) is 3. The SMILES string of the molecule is Cc1c(Cl)cccc1NC(=O)CN(Cc1ccccc1)S(=O)(=O)c1ccc(Br)cc1. The molecule has 0 spiro atoms. The molecule has 1 N–H and O–H groups in total. The van der Waals surface area contributed by atoms with Gasteiger partial charge in [0.15, 0.2) is 0 Å². The molecule has 30 heavy (non-hydrogen) atoms. The Kier molecular flexibility index (Phi) is 7.31. The number of benzene rings is 3. The van der Waals surface area contributed by atoms with Gasteiger partial charge in [0.2, 0.25) is 15.9 Å². The van der Waals surface area contributed by atoms with Crippen molar-refractivity contribution in [1.82, 2.24) is 4.31 Å². The fourth-order valence-corrected chi connectivity index (χ4v) is 4.68. The number of rotatable bonds is 7. The van der Waals surface area contributed by atoms with Gasteiger partial charge in [0, 0.05) is 21.7 Å². The van der Waals surface area contributed by atoms with E-state index in [1.54, 1.807) is 37.3 Å². The first-order valence-corrected chi connectivity index (χ1v) is 11.7. The topological polar surface area (TPSA) is 66.5 Å². The Morgan fingerprint density at radius 1 is 1.00 bits per heavy atom. The van der Waals surface area contributed by atoms with Crippen molar-refractivity contribution in [3.05, 3.63) is 93.4 Å². The van der Waals surface area contributed by atoms with E-state index in [0.717, 1.165) is 15.6 Å². The van der Waals surface area contributed by atoms with E-state index >= 15 is 0 Å². The van der Waals surface area contributed by atoms with Crippen LogP contribution in [-0.4, -0.2) is 25.2 Å². The van der Waals surface area contributed by atoms with Crippen molar-refractivity contribution in [2.75, 3.05) is 11.9 Å². The largest absolute Gasteiger partial charge is 0.325 e. The number of carbonyl (C=O) groups is 1. The predicted molar refractivity (Wildman–Crippen MR) is 123 cm³/mol. The lowest BCUT2D eigenvalue weighted by Crippen LogP contribution is -2.37. The molecule has 1 amide bonds. The maximum Gasteiger partial charge on any atom is 0.243 e. The van der Waals surface area contributed by atoms with Gasteiger partial charge < -0.3 is 5.32 Å². The maximum atomic E-state index is 13.3. The van der Waals surface area contributed by atoms with Crippen LogP contribution in [0.25, 0.3) is 0 Å². The van der Waals surface area contributed by atoms with E-state index in [4.69, 9.17) is 11.6 Å². The first-order chi connectivity index (χ1) is 14.3. The van der Waals surface area contributed by atoms with Crippen molar-refractivity contribution >= 4 is 49.1 Å². The number of sulfonamides is 1. The van der Waals surface area contributed by atoms with Crippen LogP contribution in [0.2, 0.25) is 5.02 Å². The first-order valence-electron chi connectivity index (χ1n) is 9.12. The lowest BCUT2D eigenvalue weighted by atomic mass is 10.2. The number of nitrogens with one attached hydrogen (secondary N) is 1. The fourth-order valence-electron chi connectivity index (χ4n) is 2.86. The lowest BCUT2D eigenvalue weighted by Gasteiger charge is -2.22. The standard InChI is InChI=1S/C22H20BrClN2O3S/c1-16-20(24)8-5-9-21(16)25-22(27)15-26(14-17-6-3-2-4-7-17)30(28,29)19-12-10-18(23)11-13-19/h2-13H,14-15H2,1H3,(H,25,27). The highest BCUT2D eigenvalue weighted by Gasteiger charge is 2.27. The van der Waals surface area contributed by atoms with Crippen molar-refractivity contribution in [2.45, 2.75) is 18.4 Å². The molecule has 0 saturated heterocycles. The number of halogens is 2. The molecule has 0 fully saturated rings. The van der Waals surface area contributed by atoms with Crippen molar-refractivity contribution in [3.8, 4) is 0 Å². The van der Waals surface area contributed by atoms with E-state index in [0.29, 0.717) is 10.7 Å². The van der Waals surface area contributed by atoms with Crippen molar-refractivity contribution < 1.29 is 13.2 Å². The van der Waals surface area contributed by atoms with Gasteiger partial charge >= 0.3 is 0 Å².